The van der Waals surface area contributed by atoms with Crippen LogP contribution in [-0.4, -0.2) is 29.0 Å². The average molecular weight is 344 g/mol. The SMILES string of the molecule is COc1ccc(F)cc1-c1cc(NC(=O)C2CCC(N)CC2)ncn1. The molecule has 1 heterocycles. The largest absolute Gasteiger partial charge is 0.496 e. The predicted molar refractivity (Wildman–Crippen MR) is 92.5 cm³/mol. The molecule has 1 aromatic carbocycles. The molecule has 1 amide bonds. The lowest BCUT2D eigenvalue weighted by Gasteiger charge is -2.24. The van der Waals surface area contributed by atoms with Gasteiger partial charge in [0.1, 0.15) is 23.7 Å². The molecule has 0 radical (unpaired) electrons. The highest BCUT2D eigenvalue weighted by atomic mass is 19.1. The van der Waals surface area contributed by atoms with E-state index in [1.54, 1.807) is 6.07 Å². The first kappa shape index (κ1) is 17.3. The zero-order valence-corrected chi connectivity index (χ0v) is 14.0. The summed E-state index contributed by atoms with van der Waals surface area (Å²) in [6, 6.07) is 6.00. The molecule has 1 saturated carbocycles. The minimum atomic E-state index is -0.390. The van der Waals surface area contributed by atoms with Crippen molar-refractivity contribution in [1.29, 1.82) is 0 Å². The molecule has 0 unspecified atom stereocenters. The Kier molecular flexibility index (Phi) is 5.23. The van der Waals surface area contributed by atoms with Gasteiger partial charge >= 0.3 is 0 Å². The summed E-state index contributed by atoms with van der Waals surface area (Å²) >= 11 is 0. The molecule has 1 aromatic heterocycles. The van der Waals surface area contributed by atoms with E-state index in [0.717, 1.165) is 25.7 Å². The monoisotopic (exact) mass is 344 g/mol. The maximum Gasteiger partial charge on any atom is 0.228 e. The number of rotatable bonds is 4. The summed E-state index contributed by atoms with van der Waals surface area (Å²) in [5.41, 5.74) is 6.86. The van der Waals surface area contributed by atoms with Gasteiger partial charge in [-0.25, -0.2) is 14.4 Å². The Morgan fingerprint density at radius 2 is 2.00 bits per heavy atom. The van der Waals surface area contributed by atoms with Crippen molar-refractivity contribution >= 4 is 11.7 Å². The molecular formula is C18H21FN4O2. The summed E-state index contributed by atoms with van der Waals surface area (Å²) in [5.74, 6) is 0.373. The van der Waals surface area contributed by atoms with Crippen LogP contribution in [0.3, 0.4) is 0 Å². The van der Waals surface area contributed by atoms with Gasteiger partial charge < -0.3 is 15.8 Å². The average Bonchev–Trinajstić information content (AvgIpc) is 2.62. The summed E-state index contributed by atoms with van der Waals surface area (Å²) in [7, 11) is 1.51. The summed E-state index contributed by atoms with van der Waals surface area (Å²) in [6.45, 7) is 0. The topological polar surface area (TPSA) is 90.1 Å². The number of anilines is 1. The second-order valence-electron chi connectivity index (χ2n) is 6.23. The van der Waals surface area contributed by atoms with E-state index in [4.69, 9.17) is 10.5 Å². The normalized spacial score (nSPS) is 20.1. The van der Waals surface area contributed by atoms with Crippen molar-refractivity contribution in [2.24, 2.45) is 11.7 Å². The number of nitrogens with zero attached hydrogens (tertiary/aromatic N) is 2. The van der Waals surface area contributed by atoms with Crippen molar-refractivity contribution in [1.82, 2.24) is 9.97 Å². The zero-order valence-electron chi connectivity index (χ0n) is 14.0. The Bertz CT molecular complexity index is 760. The second kappa shape index (κ2) is 7.57. The number of amides is 1. The van der Waals surface area contributed by atoms with E-state index in [2.05, 4.69) is 15.3 Å². The molecule has 2 aromatic rings. The van der Waals surface area contributed by atoms with Gasteiger partial charge in [0.05, 0.1) is 12.8 Å². The summed E-state index contributed by atoms with van der Waals surface area (Å²) in [5, 5.41) is 2.82. The first-order chi connectivity index (χ1) is 12.1. The van der Waals surface area contributed by atoms with Crippen molar-refractivity contribution < 1.29 is 13.9 Å². The fourth-order valence-corrected chi connectivity index (χ4v) is 3.06. The molecule has 132 valence electrons. The lowest BCUT2D eigenvalue weighted by atomic mass is 9.86. The highest BCUT2D eigenvalue weighted by molar-refractivity contribution is 5.92. The summed E-state index contributed by atoms with van der Waals surface area (Å²) in [6.07, 6.45) is 4.61. The zero-order chi connectivity index (χ0) is 17.8. The quantitative estimate of drug-likeness (QED) is 0.890. The molecule has 3 rings (SSSR count). The van der Waals surface area contributed by atoms with Crippen LogP contribution in [0.15, 0.2) is 30.6 Å². The maximum atomic E-state index is 13.6. The number of halogens is 1. The van der Waals surface area contributed by atoms with Crippen molar-refractivity contribution in [2.75, 3.05) is 12.4 Å². The Morgan fingerprint density at radius 1 is 1.24 bits per heavy atom. The molecule has 6 nitrogen and oxygen atoms in total. The third kappa shape index (κ3) is 4.11. The minimum Gasteiger partial charge on any atom is -0.496 e. The predicted octanol–water partition coefficient (Wildman–Crippen LogP) is 2.75. The van der Waals surface area contributed by atoms with Crippen LogP contribution in [0.5, 0.6) is 5.75 Å². The number of hydrogen-bond donors (Lipinski definition) is 2. The molecule has 0 atom stereocenters. The molecule has 3 N–H and O–H groups in total. The van der Waals surface area contributed by atoms with E-state index in [1.807, 2.05) is 0 Å². The number of carbonyl (C=O) groups is 1. The molecule has 7 heteroatoms. The van der Waals surface area contributed by atoms with Gasteiger partial charge in [-0.15, -0.1) is 0 Å². The van der Waals surface area contributed by atoms with Gasteiger partial charge in [0.15, 0.2) is 0 Å². The van der Waals surface area contributed by atoms with E-state index >= 15 is 0 Å². The highest BCUT2D eigenvalue weighted by Gasteiger charge is 2.25. The van der Waals surface area contributed by atoms with Crippen LogP contribution in [0.1, 0.15) is 25.7 Å². The molecule has 25 heavy (non-hydrogen) atoms. The van der Waals surface area contributed by atoms with Crippen LogP contribution in [0.4, 0.5) is 10.2 Å². The summed E-state index contributed by atoms with van der Waals surface area (Å²) in [4.78, 5) is 20.7. The van der Waals surface area contributed by atoms with Gasteiger partial charge in [-0.2, -0.15) is 0 Å². The van der Waals surface area contributed by atoms with Gasteiger partial charge in [0, 0.05) is 23.6 Å². The van der Waals surface area contributed by atoms with Gasteiger partial charge in [-0.3, -0.25) is 4.79 Å². The van der Waals surface area contributed by atoms with Gasteiger partial charge in [0.2, 0.25) is 5.91 Å². The van der Waals surface area contributed by atoms with Crippen LogP contribution in [0, 0.1) is 11.7 Å². The first-order valence-corrected chi connectivity index (χ1v) is 8.29. The van der Waals surface area contributed by atoms with Crippen molar-refractivity contribution in [3.8, 4) is 17.0 Å². The molecule has 1 fully saturated rings. The third-order valence-electron chi connectivity index (χ3n) is 4.50. The molecule has 0 bridgehead atoms. The Balaban J connectivity index is 1.78. The molecular weight excluding hydrogens is 323 g/mol. The second-order valence-corrected chi connectivity index (χ2v) is 6.23. The van der Waals surface area contributed by atoms with Crippen LogP contribution in [0.2, 0.25) is 0 Å². The smallest absolute Gasteiger partial charge is 0.228 e. The first-order valence-electron chi connectivity index (χ1n) is 8.29. The molecule has 1 aliphatic carbocycles. The standard InChI is InChI=1S/C18H21FN4O2/c1-25-16-7-4-12(19)8-14(16)15-9-17(22-10-21-15)23-18(24)11-2-5-13(20)6-3-11/h4,7-11,13H,2-3,5-6,20H2,1H3,(H,21,22,23,24). The number of nitrogens with one attached hydrogen (secondary N) is 1. The Hall–Kier alpha value is -2.54. The fourth-order valence-electron chi connectivity index (χ4n) is 3.06. The number of ether oxygens (including phenoxy) is 1. The third-order valence-corrected chi connectivity index (χ3v) is 4.50. The van der Waals surface area contributed by atoms with E-state index in [0.29, 0.717) is 22.8 Å². The van der Waals surface area contributed by atoms with Crippen LogP contribution >= 0.6 is 0 Å². The van der Waals surface area contributed by atoms with E-state index in [9.17, 15) is 9.18 Å². The lowest BCUT2D eigenvalue weighted by molar-refractivity contribution is -0.120. The number of nitrogens with two attached hydrogens (primary N) is 1. The maximum absolute atomic E-state index is 13.6. The van der Waals surface area contributed by atoms with Crippen molar-refractivity contribution in [3.05, 3.63) is 36.4 Å². The van der Waals surface area contributed by atoms with E-state index in [-0.39, 0.29) is 17.9 Å². The molecule has 0 aliphatic heterocycles. The minimum absolute atomic E-state index is 0.0538. The summed E-state index contributed by atoms with van der Waals surface area (Å²) < 4.78 is 18.8. The fraction of sp³-hybridized carbons (Fsp3) is 0.389. The molecule has 0 spiro atoms. The number of carbonyl (C=O) groups excluding carboxylic acids is 1. The molecule has 0 saturated heterocycles. The van der Waals surface area contributed by atoms with Gasteiger partial charge in [-0.05, 0) is 43.9 Å². The Morgan fingerprint density at radius 3 is 2.72 bits per heavy atom. The molecule has 1 aliphatic rings. The number of aromatic nitrogens is 2. The van der Waals surface area contributed by atoms with Crippen LogP contribution in [0.25, 0.3) is 11.3 Å². The highest BCUT2D eigenvalue weighted by Crippen LogP contribution is 2.30. The van der Waals surface area contributed by atoms with Gasteiger partial charge in [0.25, 0.3) is 0 Å². The number of benzene rings is 1. The number of methoxy groups -OCH3 is 1. The van der Waals surface area contributed by atoms with Crippen LogP contribution < -0.4 is 15.8 Å². The number of hydrogen-bond acceptors (Lipinski definition) is 5. The van der Waals surface area contributed by atoms with Crippen molar-refractivity contribution in [2.45, 2.75) is 31.7 Å². The van der Waals surface area contributed by atoms with Crippen LogP contribution in [-0.2, 0) is 4.79 Å². The van der Waals surface area contributed by atoms with Gasteiger partial charge in [-0.1, -0.05) is 0 Å². The van der Waals surface area contributed by atoms with E-state index < -0.39 is 5.82 Å². The van der Waals surface area contributed by atoms with Crippen molar-refractivity contribution in [3.63, 3.8) is 0 Å². The lowest BCUT2D eigenvalue weighted by Crippen LogP contribution is -2.32. The van der Waals surface area contributed by atoms with E-state index in [1.165, 1.54) is 31.6 Å². The Labute approximate surface area is 145 Å².